The molecule has 5 nitrogen and oxygen atoms in total. The number of hydrogen-bond donors (Lipinski definition) is 1. The number of halogens is 3. The summed E-state index contributed by atoms with van der Waals surface area (Å²) in [5.74, 6) is 2.09. The lowest BCUT2D eigenvalue weighted by Crippen LogP contribution is -2.07. The average molecular weight is 389 g/mol. The molecule has 0 saturated heterocycles. The average Bonchev–Trinajstić information content (AvgIpc) is 3.29. The minimum Gasteiger partial charge on any atom is -0.497 e. The summed E-state index contributed by atoms with van der Waals surface area (Å²) in [5.41, 5.74) is 2.34. The Morgan fingerprint density at radius 3 is 2.43 bits per heavy atom. The van der Waals surface area contributed by atoms with Crippen LogP contribution in [0.2, 0.25) is 0 Å². The fourth-order valence-electron chi connectivity index (χ4n) is 3.37. The Morgan fingerprint density at radius 1 is 1.04 bits per heavy atom. The second kappa shape index (κ2) is 6.78. The second-order valence-corrected chi connectivity index (χ2v) is 6.38. The van der Waals surface area contributed by atoms with Crippen LogP contribution in [0.15, 0.2) is 42.5 Å². The van der Waals surface area contributed by atoms with Gasteiger partial charge in [-0.15, -0.1) is 0 Å². The first-order chi connectivity index (χ1) is 13.4. The van der Waals surface area contributed by atoms with Crippen molar-refractivity contribution < 1.29 is 22.6 Å². The summed E-state index contributed by atoms with van der Waals surface area (Å²) in [7, 11) is 3.16. The molecule has 1 N–H and O–H groups in total. The molecule has 4 rings (SSSR count). The molecule has 28 heavy (non-hydrogen) atoms. The maximum Gasteiger partial charge on any atom is 0.416 e. The van der Waals surface area contributed by atoms with Crippen molar-refractivity contribution >= 4 is 5.82 Å². The van der Waals surface area contributed by atoms with Gasteiger partial charge >= 0.3 is 6.18 Å². The van der Waals surface area contributed by atoms with Crippen LogP contribution in [0.25, 0.3) is 16.9 Å². The maximum atomic E-state index is 12.9. The first-order valence-corrected chi connectivity index (χ1v) is 8.68. The van der Waals surface area contributed by atoms with Crippen LogP contribution in [0.4, 0.5) is 19.0 Å². The molecule has 0 bridgehead atoms. The van der Waals surface area contributed by atoms with Gasteiger partial charge < -0.3 is 14.8 Å². The quantitative estimate of drug-likeness (QED) is 0.712. The smallest absolute Gasteiger partial charge is 0.416 e. The molecule has 3 aromatic rings. The molecule has 1 aliphatic rings. The van der Waals surface area contributed by atoms with Crippen molar-refractivity contribution in [2.45, 2.75) is 12.6 Å². The zero-order chi connectivity index (χ0) is 19.9. The Hall–Kier alpha value is -3.16. The van der Waals surface area contributed by atoms with Crippen LogP contribution in [0.1, 0.15) is 11.1 Å². The topological polar surface area (TPSA) is 48.3 Å². The molecule has 146 valence electrons. The molecular weight excluding hydrogens is 371 g/mol. The van der Waals surface area contributed by atoms with Gasteiger partial charge in [-0.05, 0) is 48.9 Å². The van der Waals surface area contributed by atoms with Crippen molar-refractivity contribution in [3.8, 4) is 28.4 Å². The summed E-state index contributed by atoms with van der Waals surface area (Å²) in [5, 5.41) is 7.96. The Balaban J connectivity index is 1.83. The molecule has 0 aliphatic carbocycles. The number of alkyl halides is 3. The van der Waals surface area contributed by atoms with E-state index in [1.54, 1.807) is 31.0 Å². The van der Waals surface area contributed by atoms with E-state index in [0.717, 1.165) is 47.7 Å². The van der Waals surface area contributed by atoms with Crippen LogP contribution < -0.4 is 14.8 Å². The summed E-state index contributed by atoms with van der Waals surface area (Å²) in [6, 6.07) is 10.4. The minimum absolute atomic E-state index is 0.548. The Kier molecular flexibility index (Phi) is 4.41. The number of ether oxygens (including phenoxy) is 2. The van der Waals surface area contributed by atoms with E-state index in [-0.39, 0.29) is 0 Å². The zero-order valence-corrected chi connectivity index (χ0v) is 15.3. The van der Waals surface area contributed by atoms with Crippen molar-refractivity contribution in [2.75, 3.05) is 26.1 Å². The van der Waals surface area contributed by atoms with Gasteiger partial charge in [-0.1, -0.05) is 0 Å². The Labute approximate surface area is 159 Å². The molecule has 0 saturated carbocycles. The lowest BCUT2D eigenvalue weighted by molar-refractivity contribution is -0.137. The van der Waals surface area contributed by atoms with Gasteiger partial charge in [-0.2, -0.15) is 18.3 Å². The van der Waals surface area contributed by atoms with Gasteiger partial charge in [0.1, 0.15) is 23.0 Å². The molecular formula is C20H18F3N3O2. The molecule has 1 aliphatic heterocycles. The zero-order valence-electron chi connectivity index (χ0n) is 15.3. The van der Waals surface area contributed by atoms with Crippen molar-refractivity contribution in [2.24, 2.45) is 0 Å². The molecule has 0 atom stereocenters. The molecule has 0 amide bonds. The second-order valence-electron chi connectivity index (χ2n) is 6.38. The number of methoxy groups -OCH3 is 2. The Morgan fingerprint density at radius 2 is 1.79 bits per heavy atom. The molecule has 2 aromatic carbocycles. The first kappa shape index (κ1) is 18.2. The number of benzene rings is 2. The Bertz CT molecular complexity index is 1010. The van der Waals surface area contributed by atoms with E-state index in [9.17, 15) is 13.2 Å². The van der Waals surface area contributed by atoms with E-state index >= 15 is 0 Å². The van der Waals surface area contributed by atoms with Crippen molar-refractivity contribution in [1.82, 2.24) is 9.78 Å². The van der Waals surface area contributed by atoms with Gasteiger partial charge in [0.05, 0.1) is 25.5 Å². The lowest BCUT2D eigenvalue weighted by Gasteiger charge is -2.10. The number of hydrogen-bond acceptors (Lipinski definition) is 4. The highest BCUT2D eigenvalue weighted by molar-refractivity contribution is 5.77. The summed E-state index contributed by atoms with van der Waals surface area (Å²) in [4.78, 5) is 0. The number of aromatic nitrogens is 2. The van der Waals surface area contributed by atoms with Gasteiger partial charge in [0.25, 0.3) is 0 Å². The van der Waals surface area contributed by atoms with E-state index in [1.165, 1.54) is 12.1 Å². The molecule has 1 aromatic heterocycles. The van der Waals surface area contributed by atoms with Crippen LogP contribution in [-0.2, 0) is 12.6 Å². The van der Waals surface area contributed by atoms with E-state index in [4.69, 9.17) is 9.47 Å². The number of nitrogens with zero attached hydrogens (tertiary/aromatic N) is 2. The van der Waals surface area contributed by atoms with Gasteiger partial charge in [0.2, 0.25) is 0 Å². The lowest BCUT2D eigenvalue weighted by atomic mass is 10.1. The maximum absolute atomic E-state index is 12.9. The van der Waals surface area contributed by atoms with Gasteiger partial charge in [-0.25, -0.2) is 4.68 Å². The highest BCUT2D eigenvalue weighted by atomic mass is 19.4. The van der Waals surface area contributed by atoms with Gasteiger partial charge in [0.15, 0.2) is 0 Å². The van der Waals surface area contributed by atoms with Crippen molar-refractivity contribution in [3.63, 3.8) is 0 Å². The highest BCUT2D eigenvalue weighted by Gasteiger charge is 2.31. The molecule has 2 heterocycles. The van der Waals surface area contributed by atoms with Gasteiger partial charge in [-0.3, -0.25) is 0 Å². The predicted molar refractivity (Wildman–Crippen MR) is 99.3 cm³/mol. The van der Waals surface area contributed by atoms with E-state index in [2.05, 4.69) is 10.4 Å². The third-order valence-corrected chi connectivity index (χ3v) is 4.75. The largest absolute Gasteiger partial charge is 0.497 e. The minimum atomic E-state index is -4.37. The predicted octanol–water partition coefficient (Wildman–Crippen LogP) is 4.54. The normalized spacial score (nSPS) is 13.2. The summed E-state index contributed by atoms with van der Waals surface area (Å²) in [6.45, 7) is 0.729. The SMILES string of the molecule is COc1ccc(OC)c(-c2nn(-c3ccc(C(F)(F)F)cc3)c3c2CCN3)c1. The van der Waals surface area contributed by atoms with Crippen LogP contribution >= 0.6 is 0 Å². The summed E-state index contributed by atoms with van der Waals surface area (Å²) in [6.07, 6.45) is -3.62. The molecule has 0 unspecified atom stereocenters. The fraction of sp³-hybridized carbons (Fsp3) is 0.250. The number of fused-ring (bicyclic) bond motifs is 1. The number of nitrogens with one attached hydrogen (secondary N) is 1. The third kappa shape index (κ3) is 3.04. The van der Waals surface area contributed by atoms with E-state index in [0.29, 0.717) is 17.2 Å². The molecule has 0 fully saturated rings. The van der Waals surface area contributed by atoms with Crippen molar-refractivity contribution in [1.29, 1.82) is 0 Å². The molecule has 0 radical (unpaired) electrons. The van der Waals surface area contributed by atoms with Crippen LogP contribution in [0.3, 0.4) is 0 Å². The van der Waals surface area contributed by atoms with Gasteiger partial charge in [0, 0.05) is 17.7 Å². The fourth-order valence-corrected chi connectivity index (χ4v) is 3.37. The summed E-state index contributed by atoms with van der Waals surface area (Å²) < 4.78 is 51.0. The highest BCUT2D eigenvalue weighted by Crippen LogP contribution is 2.40. The van der Waals surface area contributed by atoms with Crippen LogP contribution in [0.5, 0.6) is 11.5 Å². The first-order valence-electron chi connectivity index (χ1n) is 8.68. The molecule has 0 spiro atoms. The standard InChI is InChI=1S/C20H18F3N3O2/c1-27-14-7-8-17(28-2)16(11-14)18-15-9-10-24-19(15)26(25-18)13-5-3-12(4-6-13)20(21,22)23/h3-8,11,24H,9-10H2,1-2H3. The van der Waals surface area contributed by atoms with E-state index < -0.39 is 11.7 Å². The number of rotatable bonds is 4. The van der Waals surface area contributed by atoms with E-state index in [1.807, 2.05) is 6.07 Å². The molecule has 8 heteroatoms. The van der Waals surface area contributed by atoms with Crippen molar-refractivity contribution in [3.05, 3.63) is 53.6 Å². The third-order valence-electron chi connectivity index (χ3n) is 4.75. The van der Waals surface area contributed by atoms with Crippen LogP contribution in [-0.4, -0.2) is 30.5 Å². The summed E-state index contributed by atoms with van der Waals surface area (Å²) >= 11 is 0. The number of anilines is 1. The monoisotopic (exact) mass is 389 g/mol. The van der Waals surface area contributed by atoms with Crippen LogP contribution in [0, 0.1) is 0 Å².